The molecule has 1 heterocycles. The van der Waals surface area contributed by atoms with Gasteiger partial charge in [0.1, 0.15) is 6.10 Å². The summed E-state index contributed by atoms with van der Waals surface area (Å²) in [6, 6.07) is 0. The highest BCUT2D eigenvalue weighted by molar-refractivity contribution is 5.81. The molecular weight excluding hydrogens is 284 g/mol. The van der Waals surface area contributed by atoms with E-state index in [4.69, 9.17) is 14.2 Å². The predicted molar refractivity (Wildman–Crippen MR) is 83.2 cm³/mol. The fraction of sp³-hybridized carbons (Fsp3) is 0.882. The first-order valence-corrected chi connectivity index (χ1v) is 7.88. The molecule has 5 heteroatoms. The van der Waals surface area contributed by atoms with Crippen LogP contribution in [0.25, 0.3) is 0 Å². The van der Waals surface area contributed by atoms with Gasteiger partial charge in [0.2, 0.25) is 0 Å². The van der Waals surface area contributed by atoms with E-state index in [-0.39, 0.29) is 36.3 Å². The number of ether oxygens (including phenoxy) is 3. The highest BCUT2D eigenvalue weighted by Crippen LogP contribution is 2.35. The molecule has 128 valence electrons. The van der Waals surface area contributed by atoms with Crippen molar-refractivity contribution in [2.75, 3.05) is 6.61 Å². The first kappa shape index (κ1) is 19.1. The maximum atomic E-state index is 11.9. The Hall–Kier alpha value is -0.940. The number of Topliss-reactive ketones (excluding diaryl/α,β-unsaturated/α-hetero) is 1. The van der Waals surface area contributed by atoms with Crippen molar-refractivity contribution in [2.24, 2.45) is 17.3 Å². The summed E-state index contributed by atoms with van der Waals surface area (Å²) in [5, 5.41) is 0. The molecule has 0 bridgehead atoms. The Morgan fingerprint density at radius 1 is 1.23 bits per heavy atom. The minimum absolute atomic E-state index is 0.00670. The molecule has 1 aliphatic heterocycles. The second-order valence-electron chi connectivity index (χ2n) is 7.82. The minimum atomic E-state index is -0.824. The van der Waals surface area contributed by atoms with Crippen LogP contribution in [0.3, 0.4) is 0 Å². The van der Waals surface area contributed by atoms with E-state index in [1.165, 1.54) is 6.92 Å². The number of esters is 1. The van der Waals surface area contributed by atoms with E-state index in [2.05, 4.69) is 0 Å². The molecule has 0 saturated carbocycles. The van der Waals surface area contributed by atoms with Crippen LogP contribution in [-0.4, -0.2) is 36.4 Å². The first-order valence-electron chi connectivity index (χ1n) is 7.88. The third-order valence-corrected chi connectivity index (χ3v) is 3.88. The van der Waals surface area contributed by atoms with Gasteiger partial charge in [-0.3, -0.25) is 9.59 Å². The van der Waals surface area contributed by atoms with Crippen molar-refractivity contribution in [3.63, 3.8) is 0 Å². The van der Waals surface area contributed by atoms with Gasteiger partial charge >= 0.3 is 5.97 Å². The fourth-order valence-electron chi connectivity index (χ4n) is 2.65. The van der Waals surface area contributed by atoms with Gasteiger partial charge in [-0.15, -0.1) is 0 Å². The van der Waals surface area contributed by atoms with Crippen LogP contribution in [0.1, 0.15) is 55.4 Å². The Kier molecular flexibility index (Phi) is 5.79. The van der Waals surface area contributed by atoms with Gasteiger partial charge in [0.15, 0.2) is 11.6 Å². The van der Waals surface area contributed by atoms with Gasteiger partial charge in [-0.05, 0) is 41.5 Å². The van der Waals surface area contributed by atoms with E-state index in [0.717, 1.165) is 0 Å². The Balaban J connectivity index is 2.76. The van der Waals surface area contributed by atoms with Crippen molar-refractivity contribution in [3.8, 4) is 0 Å². The number of ketones is 1. The number of carbonyl (C=O) groups is 2. The van der Waals surface area contributed by atoms with Gasteiger partial charge in [0.05, 0.1) is 18.1 Å². The topological polar surface area (TPSA) is 61.8 Å². The zero-order valence-electron chi connectivity index (χ0n) is 15.1. The molecule has 0 aromatic heterocycles. The lowest BCUT2D eigenvalue weighted by molar-refractivity contribution is -0.320. The monoisotopic (exact) mass is 314 g/mol. The van der Waals surface area contributed by atoms with Crippen molar-refractivity contribution >= 4 is 11.8 Å². The Labute approximate surface area is 133 Å². The zero-order chi connectivity index (χ0) is 17.3. The van der Waals surface area contributed by atoms with Gasteiger partial charge in [-0.1, -0.05) is 13.8 Å². The van der Waals surface area contributed by atoms with E-state index in [1.807, 2.05) is 34.6 Å². The number of rotatable bonds is 4. The molecular formula is C17H30O5. The molecule has 0 aromatic rings. The molecule has 0 aromatic carbocycles. The second kappa shape index (κ2) is 6.67. The molecule has 0 spiro atoms. The van der Waals surface area contributed by atoms with Crippen molar-refractivity contribution in [3.05, 3.63) is 0 Å². The molecule has 1 fully saturated rings. The Bertz CT molecular complexity index is 421. The Morgan fingerprint density at radius 2 is 1.77 bits per heavy atom. The molecule has 22 heavy (non-hydrogen) atoms. The summed E-state index contributed by atoms with van der Waals surface area (Å²) in [6.45, 7) is 14.8. The second-order valence-corrected chi connectivity index (χ2v) is 7.82. The summed E-state index contributed by atoms with van der Waals surface area (Å²) in [5.74, 6) is -1.18. The Morgan fingerprint density at radius 3 is 2.23 bits per heavy atom. The van der Waals surface area contributed by atoms with Crippen LogP contribution in [0.5, 0.6) is 0 Å². The molecule has 2 unspecified atom stereocenters. The molecule has 0 aliphatic carbocycles. The highest BCUT2D eigenvalue weighted by Gasteiger charge is 2.45. The van der Waals surface area contributed by atoms with Gasteiger partial charge < -0.3 is 14.2 Å². The maximum Gasteiger partial charge on any atom is 0.311 e. The highest BCUT2D eigenvalue weighted by atomic mass is 16.7. The summed E-state index contributed by atoms with van der Waals surface area (Å²) in [7, 11) is 0. The third kappa shape index (κ3) is 4.78. The first-order chi connectivity index (χ1) is 9.85. The van der Waals surface area contributed by atoms with Gasteiger partial charge in [-0.25, -0.2) is 0 Å². The molecule has 4 atom stereocenters. The van der Waals surface area contributed by atoms with Crippen LogP contribution in [0.15, 0.2) is 0 Å². The maximum absolute atomic E-state index is 11.9. The molecule has 0 radical (unpaired) electrons. The fourth-order valence-corrected chi connectivity index (χ4v) is 2.65. The quantitative estimate of drug-likeness (QED) is 0.747. The summed E-state index contributed by atoms with van der Waals surface area (Å²) in [6.07, 6.45) is -0.695. The lowest BCUT2D eigenvalue weighted by Crippen LogP contribution is -2.55. The van der Waals surface area contributed by atoms with Crippen LogP contribution in [-0.2, 0) is 23.8 Å². The van der Waals surface area contributed by atoms with Crippen LogP contribution in [0.2, 0.25) is 0 Å². The molecule has 1 saturated heterocycles. The zero-order valence-corrected chi connectivity index (χ0v) is 15.1. The van der Waals surface area contributed by atoms with Crippen LogP contribution >= 0.6 is 0 Å². The average Bonchev–Trinajstić information content (AvgIpc) is 2.36. The average molecular weight is 314 g/mol. The van der Waals surface area contributed by atoms with Crippen molar-refractivity contribution in [2.45, 2.75) is 73.4 Å². The molecule has 5 nitrogen and oxygen atoms in total. The molecule has 0 amide bonds. The summed E-state index contributed by atoms with van der Waals surface area (Å²) in [5.41, 5.74) is -0.525. The molecule has 0 N–H and O–H groups in total. The standard InChI is InChI=1S/C17H30O5/c1-10(9-20-15(19)16(4,5)6)13-11(2)14(12(3)18)22-17(7,8)21-13/h10-11,13-14H,9H2,1-8H3/t10?,11?,13-,14-/m0/s1. The summed E-state index contributed by atoms with van der Waals surface area (Å²) in [4.78, 5) is 23.7. The number of hydrogen-bond donors (Lipinski definition) is 0. The smallest absolute Gasteiger partial charge is 0.311 e. The van der Waals surface area contributed by atoms with Crippen LogP contribution in [0, 0.1) is 17.3 Å². The normalized spacial score (nSPS) is 29.7. The van der Waals surface area contributed by atoms with E-state index in [9.17, 15) is 9.59 Å². The van der Waals surface area contributed by atoms with E-state index in [1.54, 1.807) is 13.8 Å². The predicted octanol–water partition coefficient (Wildman–Crippen LogP) is 2.96. The third-order valence-electron chi connectivity index (χ3n) is 3.88. The van der Waals surface area contributed by atoms with E-state index in [0.29, 0.717) is 0 Å². The van der Waals surface area contributed by atoms with Crippen molar-refractivity contribution in [1.29, 1.82) is 0 Å². The molecule has 1 rings (SSSR count). The summed E-state index contributed by atoms with van der Waals surface area (Å²) >= 11 is 0. The number of hydrogen-bond acceptors (Lipinski definition) is 5. The summed E-state index contributed by atoms with van der Waals surface area (Å²) < 4.78 is 17.1. The number of carbonyl (C=O) groups excluding carboxylic acids is 2. The van der Waals surface area contributed by atoms with E-state index >= 15 is 0 Å². The lowest BCUT2D eigenvalue weighted by atomic mass is 9.86. The van der Waals surface area contributed by atoms with E-state index < -0.39 is 17.3 Å². The lowest BCUT2D eigenvalue weighted by Gasteiger charge is -2.46. The van der Waals surface area contributed by atoms with Crippen molar-refractivity contribution in [1.82, 2.24) is 0 Å². The SMILES string of the molecule is CC(=O)[C@H]1OC(C)(C)O[C@@H](C(C)COC(=O)C(C)(C)C)C1C. The largest absolute Gasteiger partial charge is 0.465 e. The van der Waals surface area contributed by atoms with Crippen LogP contribution in [0.4, 0.5) is 0 Å². The minimum Gasteiger partial charge on any atom is -0.465 e. The van der Waals surface area contributed by atoms with Gasteiger partial charge in [-0.2, -0.15) is 0 Å². The molecule has 1 aliphatic rings. The van der Waals surface area contributed by atoms with Crippen LogP contribution < -0.4 is 0 Å². The van der Waals surface area contributed by atoms with Crippen molar-refractivity contribution < 1.29 is 23.8 Å². The van der Waals surface area contributed by atoms with Gasteiger partial charge in [0, 0.05) is 11.8 Å². The van der Waals surface area contributed by atoms with Gasteiger partial charge in [0.25, 0.3) is 0 Å².